The van der Waals surface area contributed by atoms with Crippen molar-refractivity contribution in [2.75, 3.05) is 6.54 Å². The maximum Gasteiger partial charge on any atom is 0.267 e. The quantitative estimate of drug-likeness (QED) is 0.196. The number of benzene rings is 3. The first-order valence-electron chi connectivity index (χ1n) is 10.9. The average Bonchev–Trinajstić information content (AvgIpc) is 3.56. The number of aromatic nitrogens is 2. The standard InChI is InChI=1S/C27H18N4O2S2/c1-2-14-31-25(32)23(35-27(31)29-26-28-21-10-6-7-11-22(21)34-26)16-17-12-13-20-19(15-17)24(33-30-20)18-8-4-3-5-9-18/h2-13,15-16H,1,14H2/b23-16-,29-27+. The van der Waals surface area contributed by atoms with Gasteiger partial charge in [0.05, 0.1) is 20.5 Å². The molecule has 2 aromatic heterocycles. The molecule has 1 saturated heterocycles. The molecule has 0 unspecified atom stereocenters. The minimum atomic E-state index is -0.108. The first kappa shape index (κ1) is 21.5. The number of thioether (sulfide) groups is 1. The van der Waals surface area contributed by atoms with Crippen molar-refractivity contribution in [1.29, 1.82) is 0 Å². The number of para-hydroxylation sites is 1. The molecule has 170 valence electrons. The maximum absolute atomic E-state index is 13.2. The van der Waals surface area contributed by atoms with E-state index in [0.29, 0.717) is 27.5 Å². The lowest BCUT2D eigenvalue weighted by Crippen LogP contribution is -2.29. The van der Waals surface area contributed by atoms with Crippen LogP contribution in [0.2, 0.25) is 0 Å². The molecular formula is C27H18N4O2S2. The van der Waals surface area contributed by atoms with Gasteiger partial charge >= 0.3 is 0 Å². The lowest BCUT2D eigenvalue weighted by atomic mass is 10.1. The summed E-state index contributed by atoms with van der Waals surface area (Å²) in [5.41, 5.74) is 3.50. The molecule has 8 heteroatoms. The van der Waals surface area contributed by atoms with Gasteiger partial charge in [-0.1, -0.05) is 71.1 Å². The van der Waals surface area contributed by atoms with E-state index < -0.39 is 0 Å². The molecule has 0 radical (unpaired) electrons. The van der Waals surface area contributed by atoms with E-state index in [1.165, 1.54) is 23.1 Å². The van der Waals surface area contributed by atoms with Gasteiger partial charge in [-0.05, 0) is 47.7 Å². The highest BCUT2D eigenvalue weighted by Crippen LogP contribution is 2.37. The van der Waals surface area contributed by atoms with Crippen molar-refractivity contribution in [2.24, 2.45) is 4.99 Å². The summed E-state index contributed by atoms with van der Waals surface area (Å²) in [4.78, 5) is 24.7. The van der Waals surface area contributed by atoms with Gasteiger partial charge in [-0.2, -0.15) is 4.99 Å². The van der Waals surface area contributed by atoms with Gasteiger partial charge < -0.3 is 4.52 Å². The van der Waals surface area contributed by atoms with Crippen molar-refractivity contribution in [3.8, 4) is 11.3 Å². The van der Waals surface area contributed by atoms with E-state index in [0.717, 1.165) is 32.2 Å². The van der Waals surface area contributed by atoms with Gasteiger partial charge in [0.1, 0.15) is 5.52 Å². The summed E-state index contributed by atoms with van der Waals surface area (Å²) in [6.07, 6.45) is 3.58. The zero-order chi connectivity index (χ0) is 23.8. The van der Waals surface area contributed by atoms with Gasteiger partial charge in [-0.3, -0.25) is 9.69 Å². The summed E-state index contributed by atoms with van der Waals surface area (Å²) in [5, 5.41) is 6.29. The lowest BCUT2D eigenvalue weighted by Gasteiger charge is -2.11. The Labute approximate surface area is 209 Å². The monoisotopic (exact) mass is 494 g/mol. The largest absolute Gasteiger partial charge is 0.355 e. The zero-order valence-corrected chi connectivity index (χ0v) is 20.1. The Bertz CT molecular complexity index is 1620. The molecule has 0 N–H and O–H groups in total. The molecule has 6 nitrogen and oxygen atoms in total. The van der Waals surface area contributed by atoms with Gasteiger partial charge in [0.2, 0.25) is 5.13 Å². The van der Waals surface area contributed by atoms with Crippen molar-refractivity contribution in [1.82, 2.24) is 15.0 Å². The van der Waals surface area contributed by atoms with Crippen LogP contribution in [0.15, 0.2) is 99.9 Å². The number of hydrogen-bond donors (Lipinski definition) is 0. The average molecular weight is 495 g/mol. The van der Waals surface area contributed by atoms with Gasteiger partial charge in [0.25, 0.3) is 5.91 Å². The topological polar surface area (TPSA) is 71.6 Å². The van der Waals surface area contributed by atoms with Gasteiger partial charge in [-0.15, -0.1) is 6.58 Å². The van der Waals surface area contributed by atoms with Crippen LogP contribution in [0, 0.1) is 0 Å². The van der Waals surface area contributed by atoms with Crippen LogP contribution in [0.1, 0.15) is 5.56 Å². The van der Waals surface area contributed by atoms with E-state index in [9.17, 15) is 4.79 Å². The summed E-state index contributed by atoms with van der Waals surface area (Å²) in [5.74, 6) is 0.598. The number of hydrogen-bond acceptors (Lipinski definition) is 7. The number of thiazole rings is 1. The third-order valence-electron chi connectivity index (χ3n) is 5.51. The molecule has 0 saturated carbocycles. The highest BCUT2D eigenvalue weighted by molar-refractivity contribution is 8.18. The third-order valence-corrected chi connectivity index (χ3v) is 7.44. The first-order chi connectivity index (χ1) is 17.2. The molecule has 0 aliphatic carbocycles. The van der Waals surface area contributed by atoms with Crippen molar-refractivity contribution in [3.63, 3.8) is 0 Å². The van der Waals surface area contributed by atoms with Gasteiger partial charge in [0, 0.05) is 12.1 Å². The van der Waals surface area contributed by atoms with E-state index >= 15 is 0 Å². The Balaban J connectivity index is 1.37. The molecule has 1 aliphatic rings. The van der Waals surface area contributed by atoms with Crippen LogP contribution in [-0.2, 0) is 4.79 Å². The van der Waals surface area contributed by atoms with E-state index in [2.05, 4.69) is 16.7 Å². The molecular weight excluding hydrogens is 476 g/mol. The summed E-state index contributed by atoms with van der Waals surface area (Å²) in [6.45, 7) is 4.17. The molecule has 3 heterocycles. The molecule has 0 spiro atoms. The predicted octanol–water partition coefficient (Wildman–Crippen LogP) is 6.89. The molecule has 3 aromatic carbocycles. The Kier molecular flexibility index (Phi) is 5.52. The number of rotatable bonds is 5. The second-order valence-corrected chi connectivity index (χ2v) is 9.85. The van der Waals surface area contributed by atoms with E-state index in [4.69, 9.17) is 9.52 Å². The van der Waals surface area contributed by atoms with Gasteiger partial charge in [0.15, 0.2) is 10.9 Å². The fourth-order valence-corrected chi connectivity index (χ4v) is 5.75. The Morgan fingerprint density at radius 3 is 2.69 bits per heavy atom. The highest BCUT2D eigenvalue weighted by atomic mass is 32.2. The molecule has 0 atom stereocenters. The number of aliphatic imine (C=N–C) groups is 1. The zero-order valence-electron chi connectivity index (χ0n) is 18.4. The van der Waals surface area contributed by atoms with Crippen molar-refractivity contribution in [3.05, 3.63) is 95.9 Å². The van der Waals surface area contributed by atoms with E-state index in [1.807, 2.05) is 78.9 Å². The fourth-order valence-electron chi connectivity index (χ4n) is 3.87. The summed E-state index contributed by atoms with van der Waals surface area (Å²) < 4.78 is 6.68. The van der Waals surface area contributed by atoms with E-state index in [1.54, 1.807) is 11.0 Å². The smallest absolute Gasteiger partial charge is 0.267 e. The Morgan fingerprint density at radius 2 is 1.86 bits per heavy atom. The molecule has 1 amide bonds. The second kappa shape index (κ2) is 8.98. The lowest BCUT2D eigenvalue weighted by molar-refractivity contribution is -0.121. The van der Waals surface area contributed by atoms with Crippen molar-refractivity contribution < 1.29 is 9.32 Å². The van der Waals surface area contributed by atoms with Crippen LogP contribution in [-0.4, -0.2) is 32.7 Å². The number of amidine groups is 1. The number of carbonyl (C=O) groups excluding carboxylic acids is 1. The van der Waals surface area contributed by atoms with Gasteiger partial charge in [-0.25, -0.2) is 4.98 Å². The van der Waals surface area contributed by atoms with Crippen LogP contribution in [0.5, 0.6) is 0 Å². The minimum absolute atomic E-state index is 0.108. The molecule has 6 rings (SSSR count). The SMILES string of the molecule is C=CCN1C(=O)/C(=C/c2ccc3noc(-c4ccccc4)c3c2)S/C1=N/c1nc2ccccc2s1. The second-order valence-electron chi connectivity index (χ2n) is 7.83. The fraction of sp³-hybridized carbons (Fsp3) is 0.0370. The van der Waals surface area contributed by atoms with Crippen molar-refractivity contribution >= 4 is 66.5 Å². The number of fused-ring (bicyclic) bond motifs is 2. The summed E-state index contributed by atoms with van der Waals surface area (Å²) in [7, 11) is 0. The Hall–Kier alpha value is -4.01. The van der Waals surface area contributed by atoms with Crippen LogP contribution in [0.25, 0.3) is 38.5 Å². The third kappa shape index (κ3) is 4.07. The molecule has 35 heavy (non-hydrogen) atoms. The Morgan fingerprint density at radius 1 is 1.03 bits per heavy atom. The molecule has 5 aromatic rings. The maximum atomic E-state index is 13.2. The molecule has 1 fully saturated rings. The van der Waals surface area contributed by atoms with Crippen molar-refractivity contribution in [2.45, 2.75) is 0 Å². The number of amides is 1. The van der Waals surface area contributed by atoms with E-state index in [-0.39, 0.29) is 5.91 Å². The molecule has 0 bridgehead atoms. The van der Waals surface area contributed by atoms with Crippen LogP contribution >= 0.6 is 23.1 Å². The van der Waals surface area contributed by atoms with Crippen LogP contribution in [0.3, 0.4) is 0 Å². The number of nitrogens with zero attached hydrogens (tertiary/aromatic N) is 4. The highest BCUT2D eigenvalue weighted by Gasteiger charge is 2.33. The summed E-state index contributed by atoms with van der Waals surface area (Å²) >= 11 is 2.84. The van der Waals surface area contributed by atoms with Crippen LogP contribution in [0.4, 0.5) is 5.13 Å². The normalized spacial score (nSPS) is 16.2. The summed E-state index contributed by atoms with van der Waals surface area (Å²) in [6, 6.07) is 23.6. The number of carbonyl (C=O) groups is 1. The minimum Gasteiger partial charge on any atom is -0.355 e. The first-order valence-corrected chi connectivity index (χ1v) is 12.5. The van der Waals surface area contributed by atoms with Crippen LogP contribution < -0.4 is 0 Å². The molecule has 1 aliphatic heterocycles. The predicted molar refractivity (Wildman–Crippen MR) is 144 cm³/mol.